The minimum absolute atomic E-state index is 0.306. The minimum atomic E-state index is -0.311. The lowest BCUT2D eigenvalue weighted by molar-refractivity contribution is 0.629. The van der Waals surface area contributed by atoms with Gasteiger partial charge in [0.15, 0.2) is 0 Å². The Bertz CT molecular complexity index is 594. The van der Waals surface area contributed by atoms with E-state index in [9.17, 15) is 4.39 Å². The number of hydrogen-bond donors (Lipinski definition) is 1. The van der Waals surface area contributed by atoms with Crippen LogP contribution in [0.4, 0.5) is 10.1 Å². The Morgan fingerprint density at radius 3 is 2.42 bits per heavy atom. The Morgan fingerprint density at radius 2 is 1.74 bits per heavy atom. The van der Waals surface area contributed by atoms with Crippen LogP contribution in [-0.4, -0.2) is 0 Å². The highest BCUT2D eigenvalue weighted by molar-refractivity contribution is 6.44. The summed E-state index contributed by atoms with van der Waals surface area (Å²) in [4.78, 5) is 0. The van der Waals surface area contributed by atoms with Crippen molar-refractivity contribution in [2.24, 2.45) is 0 Å². The van der Waals surface area contributed by atoms with Crippen molar-refractivity contribution in [3.8, 4) is 0 Å². The summed E-state index contributed by atoms with van der Waals surface area (Å²) in [5.41, 5.74) is 1.90. The molecular weight excluding hydrogens is 308 g/mol. The van der Waals surface area contributed by atoms with Crippen molar-refractivity contribution >= 4 is 40.5 Å². The zero-order valence-corrected chi connectivity index (χ0v) is 12.4. The summed E-state index contributed by atoms with van der Waals surface area (Å²) in [5, 5.41) is 4.31. The zero-order chi connectivity index (χ0) is 14.0. The molecule has 5 heteroatoms. The summed E-state index contributed by atoms with van der Waals surface area (Å²) in [7, 11) is 0. The summed E-state index contributed by atoms with van der Waals surface area (Å²) in [6, 6.07) is 8.18. The average molecular weight is 319 g/mol. The maximum absolute atomic E-state index is 13.7. The van der Waals surface area contributed by atoms with Crippen LogP contribution in [0, 0.1) is 12.7 Å². The van der Waals surface area contributed by atoms with Gasteiger partial charge in [-0.2, -0.15) is 0 Å². The van der Waals surface area contributed by atoms with Gasteiger partial charge < -0.3 is 5.32 Å². The second-order valence-electron chi connectivity index (χ2n) is 4.11. The lowest BCUT2D eigenvalue weighted by Gasteiger charge is -2.13. The van der Waals surface area contributed by atoms with Crippen molar-refractivity contribution in [2.45, 2.75) is 13.5 Å². The molecule has 0 aliphatic carbocycles. The van der Waals surface area contributed by atoms with Crippen molar-refractivity contribution in [1.29, 1.82) is 0 Å². The smallest absolute Gasteiger partial charge is 0.146 e. The van der Waals surface area contributed by atoms with E-state index in [-0.39, 0.29) is 5.82 Å². The maximum Gasteiger partial charge on any atom is 0.146 e. The van der Waals surface area contributed by atoms with Crippen molar-refractivity contribution in [1.82, 2.24) is 0 Å². The van der Waals surface area contributed by atoms with Gasteiger partial charge >= 0.3 is 0 Å². The van der Waals surface area contributed by atoms with Crippen LogP contribution in [0.2, 0.25) is 15.1 Å². The van der Waals surface area contributed by atoms with Gasteiger partial charge in [-0.05, 0) is 30.7 Å². The van der Waals surface area contributed by atoms with E-state index in [1.165, 1.54) is 6.07 Å². The van der Waals surface area contributed by atoms with Gasteiger partial charge in [0, 0.05) is 17.1 Å². The highest BCUT2D eigenvalue weighted by Gasteiger charge is 2.11. The Morgan fingerprint density at radius 1 is 1.05 bits per heavy atom. The molecule has 0 saturated heterocycles. The molecule has 100 valence electrons. The Kier molecular flexibility index (Phi) is 4.56. The van der Waals surface area contributed by atoms with E-state index in [1.54, 1.807) is 18.2 Å². The van der Waals surface area contributed by atoms with Crippen LogP contribution in [0.5, 0.6) is 0 Å². The maximum atomic E-state index is 13.7. The van der Waals surface area contributed by atoms with Gasteiger partial charge in [-0.1, -0.05) is 46.9 Å². The molecule has 2 rings (SSSR count). The molecule has 0 atom stereocenters. The molecule has 0 fully saturated rings. The number of hydrogen-bond acceptors (Lipinski definition) is 1. The van der Waals surface area contributed by atoms with Crippen LogP contribution in [0.15, 0.2) is 30.3 Å². The first-order chi connectivity index (χ1) is 9.00. The topological polar surface area (TPSA) is 12.0 Å². The van der Waals surface area contributed by atoms with E-state index in [2.05, 4.69) is 5.32 Å². The van der Waals surface area contributed by atoms with Gasteiger partial charge in [-0.25, -0.2) is 4.39 Å². The van der Waals surface area contributed by atoms with Gasteiger partial charge in [-0.15, -0.1) is 0 Å². The monoisotopic (exact) mass is 317 g/mol. The third-order valence-corrected chi connectivity index (χ3v) is 4.00. The molecule has 0 aromatic heterocycles. The highest BCUT2D eigenvalue weighted by Crippen LogP contribution is 2.32. The fraction of sp³-hybridized carbons (Fsp3) is 0.143. The molecule has 1 N–H and O–H groups in total. The minimum Gasteiger partial charge on any atom is -0.378 e. The lowest BCUT2D eigenvalue weighted by Crippen LogP contribution is -2.04. The molecule has 0 aliphatic heterocycles. The van der Waals surface area contributed by atoms with E-state index < -0.39 is 0 Å². The molecule has 0 amide bonds. The van der Waals surface area contributed by atoms with Crippen LogP contribution < -0.4 is 5.32 Å². The molecule has 2 aromatic carbocycles. The van der Waals surface area contributed by atoms with Crippen molar-refractivity contribution in [3.05, 3.63) is 62.3 Å². The van der Waals surface area contributed by atoms with Gasteiger partial charge in [0.2, 0.25) is 0 Å². The second kappa shape index (κ2) is 6.00. The number of nitrogens with one attached hydrogen (secondary N) is 1. The van der Waals surface area contributed by atoms with Crippen LogP contribution in [0.3, 0.4) is 0 Å². The van der Waals surface area contributed by atoms with Crippen molar-refractivity contribution in [3.63, 3.8) is 0 Å². The average Bonchev–Trinajstić information content (AvgIpc) is 2.37. The first kappa shape index (κ1) is 14.4. The largest absolute Gasteiger partial charge is 0.378 e. The summed E-state index contributed by atoms with van der Waals surface area (Å²) in [5.74, 6) is -0.311. The van der Waals surface area contributed by atoms with Crippen LogP contribution in [0.1, 0.15) is 11.1 Å². The van der Waals surface area contributed by atoms with E-state index in [4.69, 9.17) is 34.8 Å². The van der Waals surface area contributed by atoms with Crippen LogP contribution >= 0.6 is 34.8 Å². The van der Waals surface area contributed by atoms with E-state index >= 15 is 0 Å². The van der Waals surface area contributed by atoms with E-state index in [0.29, 0.717) is 32.9 Å². The van der Waals surface area contributed by atoms with Crippen molar-refractivity contribution < 1.29 is 4.39 Å². The molecule has 0 bridgehead atoms. The predicted molar refractivity (Wildman–Crippen MR) is 79.9 cm³/mol. The number of halogens is 4. The zero-order valence-electron chi connectivity index (χ0n) is 10.1. The Labute approximate surface area is 126 Å². The number of anilines is 1. The fourth-order valence-corrected chi connectivity index (χ4v) is 2.45. The third kappa shape index (κ3) is 3.14. The SMILES string of the molecule is Cc1cccc(F)c1NCc1c(Cl)ccc(Cl)c1Cl. The van der Waals surface area contributed by atoms with Crippen molar-refractivity contribution in [2.75, 3.05) is 5.32 Å². The summed E-state index contributed by atoms with van der Waals surface area (Å²) in [6.45, 7) is 2.13. The van der Waals surface area contributed by atoms with Crippen LogP contribution in [-0.2, 0) is 6.54 Å². The first-order valence-electron chi connectivity index (χ1n) is 5.62. The number of aryl methyl sites for hydroxylation is 1. The molecule has 0 radical (unpaired) electrons. The van der Waals surface area contributed by atoms with Gasteiger partial charge in [-0.3, -0.25) is 0 Å². The van der Waals surface area contributed by atoms with Crippen LogP contribution in [0.25, 0.3) is 0 Å². The normalized spacial score (nSPS) is 10.6. The molecular formula is C14H11Cl3FN. The van der Waals surface area contributed by atoms with E-state index in [1.807, 2.05) is 13.0 Å². The summed E-state index contributed by atoms with van der Waals surface area (Å²) < 4.78 is 13.7. The van der Waals surface area contributed by atoms with Gasteiger partial charge in [0.05, 0.1) is 15.7 Å². The molecule has 0 saturated carbocycles. The van der Waals surface area contributed by atoms with Gasteiger partial charge in [0.1, 0.15) is 5.82 Å². The third-order valence-electron chi connectivity index (χ3n) is 2.80. The summed E-state index contributed by atoms with van der Waals surface area (Å²) in [6.07, 6.45) is 0. The second-order valence-corrected chi connectivity index (χ2v) is 5.30. The predicted octanol–water partition coefficient (Wildman–Crippen LogP) is 5.71. The molecule has 19 heavy (non-hydrogen) atoms. The summed E-state index contributed by atoms with van der Waals surface area (Å²) >= 11 is 18.1. The Hall–Kier alpha value is -0.960. The Balaban J connectivity index is 2.27. The quantitative estimate of drug-likeness (QED) is 0.715. The van der Waals surface area contributed by atoms with Gasteiger partial charge in [0.25, 0.3) is 0 Å². The molecule has 2 aromatic rings. The van der Waals surface area contributed by atoms with E-state index in [0.717, 1.165) is 5.56 Å². The standard InChI is InChI=1S/C14H11Cl3FN/c1-8-3-2-4-12(18)14(8)19-7-9-10(15)5-6-11(16)13(9)17/h2-6,19H,7H2,1H3. The molecule has 0 aliphatic rings. The fourth-order valence-electron chi connectivity index (χ4n) is 1.76. The number of para-hydroxylation sites is 1. The molecule has 0 heterocycles. The first-order valence-corrected chi connectivity index (χ1v) is 6.75. The molecule has 1 nitrogen and oxygen atoms in total. The molecule has 0 unspecified atom stereocenters. The number of rotatable bonds is 3. The number of benzene rings is 2. The lowest BCUT2D eigenvalue weighted by atomic mass is 10.1. The molecule has 0 spiro atoms. The highest BCUT2D eigenvalue weighted by atomic mass is 35.5.